The minimum Gasteiger partial charge on any atom is -0.343 e. The van der Waals surface area contributed by atoms with E-state index >= 15 is 0 Å². The Kier molecular flexibility index (Phi) is 4.83. The van der Waals surface area contributed by atoms with Gasteiger partial charge in [-0.3, -0.25) is 4.79 Å². The Balaban J connectivity index is 2.08. The molecule has 0 unspecified atom stereocenters. The second-order valence-electron chi connectivity index (χ2n) is 3.69. The van der Waals surface area contributed by atoms with E-state index in [1.807, 2.05) is 4.90 Å². The predicted octanol–water partition coefficient (Wildman–Crippen LogP) is 1.13. The van der Waals surface area contributed by atoms with Crippen LogP contribution in [0.25, 0.3) is 0 Å². The smallest absolute Gasteiger partial charge is 0.222 e. The number of rotatable bonds is 5. The highest BCUT2D eigenvalue weighted by Crippen LogP contribution is 2.11. The Bertz CT molecular complexity index is 159. The Morgan fingerprint density at radius 2 is 2.08 bits per heavy atom. The van der Waals surface area contributed by atoms with E-state index in [0.29, 0.717) is 5.91 Å². The molecule has 1 saturated heterocycles. The number of hydrogen-bond acceptors (Lipinski definition) is 2. The second-order valence-corrected chi connectivity index (χ2v) is 3.69. The Morgan fingerprint density at radius 1 is 1.23 bits per heavy atom. The van der Waals surface area contributed by atoms with E-state index < -0.39 is 0 Å². The fourth-order valence-electron chi connectivity index (χ4n) is 1.72. The number of nitrogens with zero attached hydrogens (tertiary/aromatic N) is 1. The number of piperidine rings is 1. The number of hydrogen-bond donors (Lipinski definition) is 1. The van der Waals surface area contributed by atoms with Gasteiger partial charge >= 0.3 is 0 Å². The standard InChI is InChI=1S/C10H20N2O/c11-7-3-1-4-8-12-9-5-2-6-10(12)13/h1-9,11H2. The maximum absolute atomic E-state index is 11.4. The lowest BCUT2D eigenvalue weighted by Crippen LogP contribution is -2.35. The Hall–Kier alpha value is -0.570. The highest BCUT2D eigenvalue weighted by Gasteiger charge is 2.16. The average Bonchev–Trinajstić information content (AvgIpc) is 2.15. The van der Waals surface area contributed by atoms with Crippen LogP contribution < -0.4 is 5.73 Å². The number of nitrogens with two attached hydrogens (primary N) is 1. The van der Waals surface area contributed by atoms with Crippen molar-refractivity contribution in [1.82, 2.24) is 4.90 Å². The van der Waals surface area contributed by atoms with Crippen molar-refractivity contribution in [2.75, 3.05) is 19.6 Å². The summed E-state index contributed by atoms with van der Waals surface area (Å²) in [6.07, 6.45) is 6.38. The van der Waals surface area contributed by atoms with Crippen LogP contribution in [0.4, 0.5) is 0 Å². The van der Waals surface area contributed by atoms with Crippen LogP contribution in [0, 0.1) is 0 Å². The van der Waals surface area contributed by atoms with E-state index in [4.69, 9.17) is 5.73 Å². The summed E-state index contributed by atoms with van der Waals surface area (Å²) in [7, 11) is 0. The fourth-order valence-corrected chi connectivity index (χ4v) is 1.72. The van der Waals surface area contributed by atoms with E-state index in [0.717, 1.165) is 51.7 Å². The zero-order chi connectivity index (χ0) is 9.52. The summed E-state index contributed by atoms with van der Waals surface area (Å²) >= 11 is 0. The molecule has 1 aliphatic rings. The molecule has 2 N–H and O–H groups in total. The zero-order valence-electron chi connectivity index (χ0n) is 8.30. The molecule has 1 rings (SSSR count). The van der Waals surface area contributed by atoms with Gasteiger partial charge in [-0.1, -0.05) is 6.42 Å². The van der Waals surface area contributed by atoms with Crippen molar-refractivity contribution < 1.29 is 4.79 Å². The van der Waals surface area contributed by atoms with Gasteiger partial charge in [-0.15, -0.1) is 0 Å². The Labute approximate surface area is 80.3 Å². The van der Waals surface area contributed by atoms with Crippen molar-refractivity contribution in [3.05, 3.63) is 0 Å². The van der Waals surface area contributed by atoms with Crippen LogP contribution in [0.3, 0.4) is 0 Å². The van der Waals surface area contributed by atoms with Gasteiger partial charge in [0.05, 0.1) is 0 Å². The molecular weight excluding hydrogens is 164 g/mol. The minimum absolute atomic E-state index is 0.346. The van der Waals surface area contributed by atoms with Crippen LogP contribution in [-0.4, -0.2) is 30.4 Å². The van der Waals surface area contributed by atoms with Gasteiger partial charge in [0, 0.05) is 19.5 Å². The summed E-state index contributed by atoms with van der Waals surface area (Å²) < 4.78 is 0. The second kappa shape index (κ2) is 5.97. The lowest BCUT2D eigenvalue weighted by atomic mass is 10.1. The van der Waals surface area contributed by atoms with Crippen LogP contribution in [0.1, 0.15) is 38.5 Å². The number of carbonyl (C=O) groups is 1. The maximum Gasteiger partial charge on any atom is 0.222 e. The molecule has 76 valence electrons. The van der Waals surface area contributed by atoms with Gasteiger partial charge in [0.15, 0.2) is 0 Å². The summed E-state index contributed by atoms with van der Waals surface area (Å²) in [5, 5.41) is 0. The van der Waals surface area contributed by atoms with E-state index in [9.17, 15) is 4.79 Å². The van der Waals surface area contributed by atoms with E-state index in [1.165, 1.54) is 6.42 Å². The van der Waals surface area contributed by atoms with Crippen LogP contribution in [-0.2, 0) is 4.79 Å². The molecule has 3 heteroatoms. The summed E-state index contributed by atoms with van der Waals surface area (Å²) in [6, 6.07) is 0. The molecular formula is C10H20N2O. The van der Waals surface area contributed by atoms with Crippen LogP contribution >= 0.6 is 0 Å². The third-order valence-electron chi connectivity index (χ3n) is 2.55. The van der Waals surface area contributed by atoms with Gasteiger partial charge < -0.3 is 10.6 Å². The van der Waals surface area contributed by atoms with Gasteiger partial charge in [-0.25, -0.2) is 0 Å². The van der Waals surface area contributed by atoms with E-state index in [1.54, 1.807) is 0 Å². The van der Waals surface area contributed by atoms with Crippen molar-refractivity contribution in [2.24, 2.45) is 5.73 Å². The summed E-state index contributed by atoms with van der Waals surface area (Å²) in [5.41, 5.74) is 5.39. The lowest BCUT2D eigenvalue weighted by Gasteiger charge is -2.26. The first-order valence-corrected chi connectivity index (χ1v) is 5.32. The normalized spacial score (nSPS) is 17.9. The summed E-state index contributed by atoms with van der Waals surface area (Å²) in [6.45, 7) is 2.69. The minimum atomic E-state index is 0.346. The fraction of sp³-hybridized carbons (Fsp3) is 0.900. The quantitative estimate of drug-likeness (QED) is 0.651. The largest absolute Gasteiger partial charge is 0.343 e. The topological polar surface area (TPSA) is 46.3 Å². The van der Waals surface area contributed by atoms with Crippen molar-refractivity contribution in [3.8, 4) is 0 Å². The van der Waals surface area contributed by atoms with Gasteiger partial charge in [0.1, 0.15) is 0 Å². The van der Waals surface area contributed by atoms with Gasteiger partial charge in [0.25, 0.3) is 0 Å². The molecule has 0 aromatic carbocycles. The number of likely N-dealkylation sites (tertiary alicyclic amines) is 1. The summed E-state index contributed by atoms with van der Waals surface area (Å²) in [5.74, 6) is 0.346. The maximum atomic E-state index is 11.4. The zero-order valence-corrected chi connectivity index (χ0v) is 8.30. The molecule has 3 nitrogen and oxygen atoms in total. The van der Waals surface area contributed by atoms with Crippen molar-refractivity contribution in [2.45, 2.75) is 38.5 Å². The molecule has 0 aromatic heterocycles. The highest BCUT2D eigenvalue weighted by atomic mass is 16.2. The van der Waals surface area contributed by atoms with Crippen LogP contribution in [0.5, 0.6) is 0 Å². The number of amides is 1. The molecule has 0 saturated carbocycles. The van der Waals surface area contributed by atoms with Crippen molar-refractivity contribution in [3.63, 3.8) is 0 Å². The van der Waals surface area contributed by atoms with Crippen LogP contribution in [0.15, 0.2) is 0 Å². The first kappa shape index (κ1) is 10.5. The molecule has 1 aliphatic heterocycles. The average molecular weight is 184 g/mol. The molecule has 0 bridgehead atoms. The molecule has 0 radical (unpaired) electrons. The van der Waals surface area contributed by atoms with Gasteiger partial charge in [-0.05, 0) is 32.2 Å². The number of carbonyl (C=O) groups excluding carboxylic acids is 1. The van der Waals surface area contributed by atoms with Crippen LogP contribution in [0.2, 0.25) is 0 Å². The third-order valence-corrected chi connectivity index (χ3v) is 2.55. The molecule has 0 atom stereocenters. The molecule has 0 spiro atoms. The lowest BCUT2D eigenvalue weighted by molar-refractivity contribution is -0.133. The third kappa shape index (κ3) is 3.77. The molecule has 0 aromatic rings. The van der Waals surface area contributed by atoms with E-state index in [2.05, 4.69) is 0 Å². The predicted molar refractivity (Wildman–Crippen MR) is 53.3 cm³/mol. The van der Waals surface area contributed by atoms with E-state index in [-0.39, 0.29) is 0 Å². The molecule has 1 fully saturated rings. The highest BCUT2D eigenvalue weighted by molar-refractivity contribution is 5.76. The van der Waals surface area contributed by atoms with Gasteiger partial charge in [-0.2, -0.15) is 0 Å². The molecule has 1 amide bonds. The monoisotopic (exact) mass is 184 g/mol. The molecule has 0 aliphatic carbocycles. The Morgan fingerprint density at radius 3 is 2.77 bits per heavy atom. The molecule has 1 heterocycles. The van der Waals surface area contributed by atoms with Crippen molar-refractivity contribution in [1.29, 1.82) is 0 Å². The van der Waals surface area contributed by atoms with Gasteiger partial charge in [0.2, 0.25) is 5.91 Å². The first-order valence-electron chi connectivity index (χ1n) is 5.32. The number of unbranched alkanes of at least 4 members (excludes halogenated alkanes) is 2. The SMILES string of the molecule is NCCCCCN1CCCCC1=O. The first-order chi connectivity index (χ1) is 6.34. The summed E-state index contributed by atoms with van der Waals surface area (Å²) in [4.78, 5) is 13.4. The molecule has 13 heavy (non-hydrogen) atoms. The van der Waals surface area contributed by atoms with Crippen molar-refractivity contribution >= 4 is 5.91 Å².